The summed E-state index contributed by atoms with van der Waals surface area (Å²) in [6, 6.07) is 0.479. The fraction of sp³-hybridized carbons (Fsp3) is 0.800. The summed E-state index contributed by atoms with van der Waals surface area (Å²) in [6.07, 6.45) is 0.764. The maximum absolute atomic E-state index is 12.7. The lowest BCUT2D eigenvalue weighted by atomic mass is 10.0. The molecule has 0 saturated carbocycles. The van der Waals surface area contributed by atoms with Crippen molar-refractivity contribution in [3.8, 4) is 0 Å². The summed E-state index contributed by atoms with van der Waals surface area (Å²) in [7, 11) is -0.195. The normalized spacial score (nSPS) is 24.9. The average Bonchev–Trinajstić information content (AvgIpc) is 2.84. The van der Waals surface area contributed by atoms with Crippen molar-refractivity contribution in [3.05, 3.63) is 23.2 Å². The Morgan fingerprint density at radius 2 is 2.00 bits per heavy atom. The predicted molar refractivity (Wildman–Crippen MR) is 141 cm³/mol. The third-order valence-corrected chi connectivity index (χ3v) is 7.82. The molecule has 0 radical (unpaired) electrons. The third kappa shape index (κ3) is 9.14. The summed E-state index contributed by atoms with van der Waals surface area (Å²) in [4.78, 5) is 31.8. The van der Waals surface area contributed by atoms with Crippen molar-refractivity contribution in [2.45, 2.75) is 91.7 Å². The highest BCUT2D eigenvalue weighted by Gasteiger charge is 2.43. The van der Waals surface area contributed by atoms with E-state index in [0.29, 0.717) is 18.7 Å². The lowest BCUT2D eigenvalue weighted by Crippen LogP contribution is -2.62. The molecule has 11 heteroatoms. The van der Waals surface area contributed by atoms with E-state index in [1.165, 1.54) is 12.0 Å². The molecule has 36 heavy (non-hydrogen) atoms. The number of aliphatic hydroxyl groups excluding tert-OH is 1. The zero-order chi connectivity index (χ0) is 29.0. The van der Waals surface area contributed by atoms with Crippen molar-refractivity contribution in [1.29, 1.82) is 1.43 Å². The topological polar surface area (TPSA) is 96.1 Å². The minimum atomic E-state index is -1.49. The van der Waals surface area contributed by atoms with Gasteiger partial charge in [0.2, 0.25) is 13.9 Å². The predicted octanol–water partition coefficient (Wildman–Crippen LogP) is 3.42. The maximum Gasteiger partial charge on any atom is 0.259 e. The Balaban J connectivity index is 0.00000229. The van der Waals surface area contributed by atoms with Gasteiger partial charge < -0.3 is 23.7 Å². The van der Waals surface area contributed by atoms with Crippen molar-refractivity contribution in [2.24, 2.45) is 0 Å². The number of hydrogen-bond donors (Lipinski definition) is 1. The van der Waals surface area contributed by atoms with Crippen LogP contribution in [0, 0.1) is 6.57 Å². The summed E-state index contributed by atoms with van der Waals surface area (Å²) in [6.45, 7) is 22.7. The van der Waals surface area contributed by atoms with Crippen LogP contribution < -0.4 is 0 Å². The second-order valence-corrected chi connectivity index (χ2v) is 11.2. The second kappa shape index (κ2) is 15.1. The van der Waals surface area contributed by atoms with E-state index in [0.717, 1.165) is 0 Å². The van der Waals surface area contributed by atoms with Gasteiger partial charge in [0.05, 0.1) is 13.0 Å². The molecule has 0 aromatic heterocycles. The quantitative estimate of drug-likeness (QED) is 0.188. The molecule has 0 aliphatic carbocycles. The van der Waals surface area contributed by atoms with Crippen LogP contribution in [0.15, 0.2) is 11.8 Å². The Morgan fingerprint density at radius 3 is 2.53 bits per heavy atom. The van der Waals surface area contributed by atoms with E-state index < -0.39 is 20.4 Å². The van der Waals surface area contributed by atoms with E-state index in [-0.39, 0.29) is 62.9 Å². The molecule has 2 aliphatic rings. The molecule has 206 valence electrons. The smallest absolute Gasteiger partial charge is 0.259 e. The van der Waals surface area contributed by atoms with Gasteiger partial charge in [-0.2, -0.15) is 0 Å². The average molecular weight is 532 g/mol. The molecule has 1 saturated heterocycles. The minimum absolute atomic E-state index is 0.0645. The van der Waals surface area contributed by atoms with Gasteiger partial charge in [-0.15, -0.1) is 0 Å². The fourth-order valence-corrected chi connectivity index (χ4v) is 5.74. The van der Waals surface area contributed by atoms with Crippen molar-refractivity contribution in [3.63, 3.8) is 0 Å². The molecule has 1 amide bonds. The number of allylic oxidation sites excluding steroid dienone is 1. The third-order valence-electron chi connectivity index (χ3n) is 5.77. The van der Waals surface area contributed by atoms with Crippen molar-refractivity contribution < 1.29 is 29.9 Å². The van der Waals surface area contributed by atoms with E-state index in [1.807, 2.05) is 0 Å². The maximum atomic E-state index is 12.7. The number of amides is 1. The fourth-order valence-electron chi connectivity index (χ4n) is 4.06. The van der Waals surface area contributed by atoms with E-state index in [4.69, 9.17) is 23.2 Å². The second-order valence-electron chi connectivity index (χ2n) is 9.79. The van der Waals surface area contributed by atoms with E-state index >= 15 is 0 Å². The van der Waals surface area contributed by atoms with Gasteiger partial charge in [0.1, 0.15) is 18.4 Å². The molecule has 1 fully saturated rings. The van der Waals surface area contributed by atoms with E-state index in [2.05, 4.69) is 61.1 Å². The Kier molecular flexibility index (Phi) is 12.2. The van der Waals surface area contributed by atoms with Crippen LogP contribution in [0.3, 0.4) is 0 Å². The number of aliphatic hydroxyl groups is 1. The van der Waals surface area contributed by atoms with Crippen LogP contribution in [0.25, 0.3) is 4.85 Å². The number of hydrogen-bond acceptors (Lipinski definition) is 8. The van der Waals surface area contributed by atoms with Crippen LogP contribution in [0.2, 0.25) is 0 Å². The molecule has 2 heterocycles. The first-order valence-electron chi connectivity index (χ1n) is 13.4. The molecule has 0 spiro atoms. The van der Waals surface area contributed by atoms with Crippen LogP contribution in [0.1, 0.15) is 63.2 Å². The van der Waals surface area contributed by atoms with Gasteiger partial charge in [-0.25, -0.2) is 11.2 Å². The Labute approximate surface area is 221 Å². The van der Waals surface area contributed by atoms with Crippen molar-refractivity contribution >= 4 is 20.2 Å². The number of carbonyl (C=O) groups excluding carboxylic acids is 2. The van der Waals surface area contributed by atoms with Gasteiger partial charge in [-0.3, -0.25) is 19.4 Å². The van der Waals surface area contributed by atoms with Gasteiger partial charge >= 0.3 is 0 Å². The number of rotatable bonds is 11. The van der Waals surface area contributed by atoms with Gasteiger partial charge in [0, 0.05) is 51.5 Å². The SMILES string of the molecule is [2H]C[C@@]1(COP(OCC[N+]#[C-])N(C(C)C)C(C)C)CN(C(C)C)C[C@H](N2C=C(C)C(=O)CC2=O)O1.[3H]OC. The standard InChI is InChI=1S/C24H41N4O5P.CH4O/c1-17(2)26-14-23(27-13-20(7)21(29)12-22(27)30)33-24(8,15-26)16-32-34(31-11-10-25-9)28(18(3)4)19(5)6;1-2/h13,17-19,23H,10-12,14-16H2,1-8H3;2H,1H3/t23-,24+,34?;/m1./s1/i8D;2T. The van der Waals surface area contributed by atoms with Crippen LogP contribution in [0.5, 0.6) is 0 Å². The van der Waals surface area contributed by atoms with Crippen LogP contribution in [-0.2, 0) is 23.4 Å². The molecular weight excluding hydrogens is 483 g/mol. The first-order valence-corrected chi connectivity index (χ1v) is 13.4. The number of ether oxygens (including phenoxy) is 1. The Bertz CT molecular complexity index is 833. The zero-order valence-corrected chi connectivity index (χ0v) is 23.9. The molecule has 3 atom stereocenters. The van der Waals surface area contributed by atoms with Crippen molar-refractivity contribution in [1.82, 2.24) is 14.5 Å². The Hall–Kier alpha value is -1.44. The molecular formula is C25H45N4O6P. The zero-order valence-electron chi connectivity index (χ0n) is 25.0. The molecule has 2 rings (SSSR count). The largest absolute Gasteiger partial charge is 0.400 e. The summed E-state index contributed by atoms with van der Waals surface area (Å²) < 4.78 is 35.1. The number of morpholine rings is 1. The van der Waals surface area contributed by atoms with Crippen LogP contribution in [0.4, 0.5) is 0 Å². The first kappa shape index (κ1) is 29.1. The highest BCUT2D eigenvalue weighted by atomic mass is 31.2. The molecule has 1 unspecified atom stereocenters. The molecule has 10 nitrogen and oxygen atoms in total. The summed E-state index contributed by atoms with van der Waals surface area (Å²) in [5.74, 6) is -0.478. The van der Waals surface area contributed by atoms with Gasteiger partial charge in [0.15, 0.2) is 5.78 Å². The summed E-state index contributed by atoms with van der Waals surface area (Å²) in [5.41, 5.74) is -0.469. The van der Waals surface area contributed by atoms with Gasteiger partial charge in [-0.05, 0) is 55.4 Å². The van der Waals surface area contributed by atoms with Gasteiger partial charge in [-0.1, -0.05) is 0 Å². The molecule has 2 aliphatic heterocycles. The molecule has 0 aromatic carbocycles. The number of ketones is 1. The van der Waals surface area contributed by atoms with E-state index in [1.54, 1.807) is 13.1 Å². The highest BCUT2D eigenvalue weighted by molar-refractivity contribution is 7.44. The van der Waals surface area contributed by atoms with Gasteiger partial charge in [0.25, 0.3) is 8.53 Å². The number of Topliss-reactive ketones (excluding diaryl/α,β-unsaturated/α-hetero) is 1. The van der Waals surface area contributed by atoms with Crippen LogP contribution >= 0.6 is 8.53 Å². The van der Waals surface area contributed by atoms with Crippen molar-refractivity contribution in [2.75, 3.05) is 40.0 Å². The molecule has 1 N–H and O–H groups in total. The number of carbonyl (C=O) groups is 2. The minimum Gasteiger partial charge on any atom is -0.400 e. The molecule has 0 aromatic rings. The monoisotopic (exact) mass is 531 g/mol. The summed E-state index contributed by atoms with van der Waals surface area (Å²) in [5, 5.41) is 3.50. The lowest BCUT2D eigenvalue weighted by molar-refractivity contribution is -0.206. The Morgan fingerprint density at radius 1 is 1.36 bits per heavy atom. The number of nitrogens with zero attached hydrogens (tertiary/aromatic N) is 4. The first-order chi connectivity index (χ1) is 17.9. The van der Waals surface area contributed by atoms with Crippen LogP contribution in [-0.4, -0.2) is 103 Å². The lowest BCUT2D eigenvalue weighted by Gasteiger charge is -2.49. The highest BCUT2D eigenvalue weighted by Crippen LogP contribution is 2.47. The molecule has 0 bridgehead atoms. The van der Waals surface area contributed by atoms with E-state index in [9.17, 15) is 9.59 Å². The summed E-state index contributed by atoms with van der Waals surface area (Å²) >= 11 is 0.